The highest BCUT2D eigenvalue weighted by Gasteiger charge is 2.22. The number of benzene rings is 1. The highest BCUT2D eigenvalue weighted by Crippen LogP contribution is 2.19. The summed E-state index contributed by atoms with van der Waals surface area (Å²) in [4.78, 5) is 12.1. The van der Waals surface area contributed by atoms with Crippen LogP contribution in [0.4, 0.5) is 0 Å². The summed E-state index contributed by atoms with van der Waals surface area (Å²) in [6, 6.07) is 5.96. The Morgan fingerprint density at radius 1 is 1.31 bits per heavy atom. The van der Waals surface area contributed by atoms with Gasteiger partial charge in [0, 0.05) is 19.1 Å². The molecule has 1 aromatic carbocycles. The summed E-state index contributed by atoms with van der Waals surface area (Å²) >= 11 is 0. The molecule has 1 aromatic rings. The van der Waals surface area contributed by atoms with E-state index in [9.17, 15) is 4.79 Å². The minimum absolute atomic E-state index is 0.146. The quantitative estimate of drug-likeness (QED) is 0.728. The maximum atomic E-state index is 12.1. The van der Waals surface area contributed by atoms with Crippen LogP contribution < -0.4 is 0 Å². The Kier molecular flexibility index (Phi) is 3.87. The first kappa shape index (κ1) is 12.9. The number of Topliss-reactive ketones (excluding diaryl/α,β-unsaturated/α-hetero) is 1. The van der Waals surface area contributed by atoms with Crippen molar-refractivity contribution in [3.8, 4) is 0 Å². The molecule has 0 aromatic heterocycles. The molecule has 0 saturated carbocycles. The van der Waals surface area contributed by atoms with Gasteiger partial charge in [0.25, 0.3) is 0 Å². The van der Waals surface area contributed by atoms with Crippen LogP contribution >= 0.6 is 0 Å². The molecule has 0 unspecified atom stereocenters. The molecule has 0 amide bonds. The first-order valence-electron chi connectivity index (χ1n) is 5.51. The summed E-state index contributed by atoms with van der Waals surface area (Å²) in [5.74, 6) is 0.146. The molecule has 0 aliphatic rings. The standard InChI is InChI=1S/C14H20O2/c1-10-6-7-11(2)12(8-10)13(15)9-14(3,4)16-5/h6-8H,9H2,1-5H3. The third-order valence-electron chi connectivity index (χ3n) is 2.83. The van der Waals surface area contributed by atoms with Gasteiger partial charge in [0.05, 0.1) is 5.60 Å². The minimum atomic E-state index is -0.396. The van der Waals surface area contributed by atoms with Crippen molar-refractivity contribution in [2.75, 3.05) is 7.11 Å². The molecule has 0 aliphatic heterocycles. The number of hydrogen-bond donors (Lipinski definition) is 0. The average Bonchev–Trinajstić information content (AvgIpc) is 2.21. The van der Waals surface area contributed by atoms with Crippen LogP contribution in [0.1, 0.15) is 41.8 Å². The maximum absolute atomic E-state index is 12.1. The van der Waals surface area contributed by atoms with E-state index in [0.717, 1.165) is 16.7 Å². The van der Waals surface area contributed by atoms with Gasteiger partial charge in [-0.3, -0.25) is 4.79 Å². The third-order valence-corrected chi connectivity index (χ3v) is 2.83. The van der Waals surface area contributed by atoms with E-state index in [1.807, 2.05) is 45.9 Å². The van der Waals surface area contributed by atoms with E-state index in [0.29, 0.717) is 6.42 Å². The molecular formula is C14H20O2. The van der Waals surface area contributed by atoms with E-state index in [2.05, 4.69) is 0 Å². The predicted molar refractivity (Wildman–Crippen MR) is 66.0 cm³/mol. The molecule has 0 saturated heterocycles. The number of carbonyl (C=O) groups excluding carboxylic acids is 1. The maximum Gasteiger partial charge on any atom is 0.166 e. The Hall–Kier alpha value is -1.15. The molecule has 0 atom stereocenters. The zero-order chi connectivity index (χ0) is 12.3. The zero-order valence-electron chi connectivity index (χ0n) is 10.8. The molecule has 0 heterocycles. The van der Waals surface area contributed by atoms with Gasteiger partial charge in [0.2, 0.25) is 0 Å². The van der Waals surface area contributed by atoms with Crippen molar-refractivity contribution >= 4 is 5.78 Å². The summed E-state index contributed by atoms with van der Waals surface area (Å²) in [7, 11) is 1.64. The van der Waals surface area contributed by atoms with Crippen LogP contribution in [0.2, 0.25) is 0 Å². The fraction of sp³-hybridized carbons (Fsp3) is 0.500. The SMILES string of the molecule is COC(C)(C)CC(=O)c1cc(C)ccc1C. The topological polar surface area (TPSA) is 26.3 Å². The van der Waals surface area contributed by atoms with Gasteiger partial charge in [-0.05, 0) is 39.3 Å². The van der Waals surface area contributed by atoms with Crippen LogP contribution in [-0.4, -0.2) is 18.5 Å². The number of hydrogen-bond acceptors (Lipinski definition) is 2. The monoisotopic (exact) mass is 220 g/mol. The smallest absolute Gasteiger partial charge is 0.166 e. The molecule has 2 nitrogen and oxygen atoms in total. The van der Waals surface area contributed by atoms with Crippen molar-refractivity contribution < 1.29 is 9.53 Å². The van der Waals surface area contributed by atoms with Gasteiger partial charge in [-0.15, -0.1) is 0 Å². The summed E-state index contributed by atoms with van der Waals surface area (Å²) < 4.78 is 5.28. The van der Waals surface area contributed by atoms with E-state index < -0.39 is 5.60 Å². The number of ketones is 1. The fourth-order valence-electron chi connectivity index (χ4n) is 1.59. The second kappa shape index (κ2) is 4.79. The second-order valence-corrected chi connectivity index (χ2v) is 4.88. The Balaban J connectivity index is 2.93. The Morgan fingerprint density at radius 2 is 1.94 bits per heavy atom. The largest absolute Gasteiger partial charge is 0.378 e. The van der Waals surface area contributed by atoms with Crippen LogP contribution in [0.5, 0.6) is 0 Å². The molecular weight excluding hydrogens is 200 g/mol. The highest BCUT2D eigenvalue weighted by atomic mass is 16.5. The van der Waals surface area contributed by atoms with E-state index in [-0.39, 0.29) is 5.78 Å². The Morgan fingerprint density at radius 3 is 2.50 bits per heavy atom. The lowest BCUT2D eigenvalue weighted by Gasteiger charge is -2.22. The molecule has 0 bridgehead atoms. The first-order chi connectivity index (χ1) is 7.35. The molecule has 0 aliphatic carbocycles. The minimum Gasteiger partial charge on any atom is -0.378 e. The summed E-state index contributed by atoms with van der Waals surface area (Å²) in [5.41, 5.74) is 2.56. The molecule has 88 valence electrons. The number of aryl methyl sites for hydroxylation is 2. The van der Waals surface area contributed by atoms with Crippen molar-refractivity contribution in [3.05, 3.63) is 34.9 Å². The normalized spacial score (nSPS) is 11.6. The lowest BCUT2D eigenvalue weighted by atomic mass is 9.94. The van der Waals surface area contributed by atoms with Gasteiger partial charge in [-0.25, -0.2) is 0 Å². The van der Waals surface area contributed by atoms with E-state index in [1.165, 1.54) is 0 Å². The Labute approximate surface area is 97.6 Å². The summed E-state index contributed by atoms with van der Waals surface area (Å²) in [6.07, 6.45) is 0.411. The fourth-order valence-corrected chi connectivity index (χ4v) is 1.59. The lowest BCUT2D eigenvalue weighted by Crippen LogP contribution is -2.26. The van der Waals surface area contributed by atoms with E-state index >= 15 is 0 Å². The second-order valence-electron chi connectivity index (χ2n) is 4.88. The lowest BCUT2D eigenvalue weighted by molar-refractivity contribution is 0.0172. The molecule has 1 rings (SSSR count). The van der Waals surface area contributed by atoms with Crippen LogP contribution in [0.25, 0.3) is 0 Å². The molecule has 16 heavy (non-hydrogen) atoms. The van der Waals surface area contributed by atoms with Crippen molar-refractivity contribution in [1.29, 1.82) is 0 Å². The van der Waals surface area contributed by atoms with Crippen molar-refractivity contribution in [2.45, 2.75) is 39.7 Å². The van der Waals surface area contributed by atoms with Gasteiger partial charge in [-0.2, -0.15) is 0 Å². The van der Waals surface area contributed by atoms with Gasteiger partial charge >= 0.3 is 0 Å². The van der Waals surface area contributed by atoms with Crippen LogP contribution in [0, 0.1) is 13.8 Å². The zero-order valence-corrected chi connectivity index (χ0v) is 10.8. The van der Waals surface area contributed by atoms with Gasteiger partial charge in [-0.1, -0.05) is 17.7 Å². The van der Waals surface area contributed by atoms with E-state index in [1.54, 1.807) is 7.11 Å². The number of methoxy groups -OCH3 is 1. The van der Waals surface area contributed by atoms with Crippen LogP contribution in [0.15, 0.2) is 18.2 Å². The van der Waals surface area contributed by atoms with E-state index in [4.69, 9.17) is 4.74 Å². The number of carbonyl (C=O) groups is 1. The molecule has 0 N–H and O–H groups in total. The molecule has 0 fully saturated rings. The van der Waals surface area contributed by atoms with Gasteiger partial charge < -0.3 is 4.74 Å². The highest BCUT2D eigenvalue weighted by molar-refractivity contribution is 5.98. The molecule has 2 heteroatoms. The number of rotatable bonds is 4. The van der Waals surface area contributed by atoms with Crippen LogP contribution in [0.3, 0.4) is 0 Å². The average molecular weight is 220 g/mol. The third kappa shape index (κ3) is 3.17. The van der Waals surface area contributed by atoms with Crippen molar-refractivity contribution in [1.82, 2.24) is 0 Å². The predicted octanol–water partition coefficient (Wildman–Crippen LogP) is 3.30. The van der Waals surface area contributed by atoms with Gasteiger partial charge in [0.1, 0.15) is 0 Å². The summed E-state index contributed by atoms with van der Waals surface area (Å²) in [5, 5.41) is 0. The number of ether oxygens (including phenoxy) is 1. The van der Waals surface area contributed by atoms with Crippen molar-refractivity contribution in [2.24, 2.45) is 0 Å². The molecule has 0 radical (unpaired) electrons. The van der Waals surface area contributed by atoms with Crippen LogP contribution in [-0.2, 0) is 4.74 Å². The Bertz CT molecular complexity index is 392. The first-order valence-corrected chi connectivity index (χ1v) is 5.51. The van der Waals surface area contributed by atoms with Gasteiger partial charge in [0.15, 0.2) is 5.78 Å². The molecule has 0 spiro atoms. The summed E-state index contributed by atoms with van der Waals surface area (Å²) in [6.45, 7) is 7.82. The van der Waals surface area contributed by atoms with Crippen molar-refractivity contribution in [3.63, 3.8) is 0 Å².